The van der Waals surface area contributed by atoms with Gasteiger partial charge in [-0.1, -0.05) is 72.1 Å². The Morgan fingerprint density at radius 3 is 2.02 bits per heavy atom. The number of benzene rings is 1. The first-order chi connectivity index (χ1) is 23.7. The third kappa shape index (κ3) is 9.83. The van der Waals surface area contributed by atoms with E-state index in [0.29, 0.717) is 41.9 Å². The van der Waals surface area contributed by atoms with E-state index >= 15 is 0 Å². The van der Waals surface area contributed by atoms with E-state index in [1.165, 1.54) is 0 Å². The number of nitrogens with zero attached hydrogens (tertiary/aromatic N) is 2. The Morgan fingerprint density at radius 2 is 1.41 bits per heavy atom. The van der Waals surface area contributed by atoms with Gasteiger partial charge in [-0.2, -0.15) is 0 Å². The van der Waals surface area contributed by atoms with Crippen molar-refractivity contribution in [1.82, 2.24) is 5.32 Å². The third-order valence-electron chi connectivity index (χ3n) is 9.69. The van der Waals surface area contributed by atoms with Crippen molar-refractivity contribution in [3.8, 4) is 0 Å². The summed E-state index contributed by atoms with van der Waals surface area (Å²) in [4.78, 5) is 47.4. The van der Waals surface area contributed by atoms with E-state index in [4.69, 9.17) is 4.99 Å². The van der Waals surface area contributed by atoms with Gasteiger partial charge < -0.3 is 20.6 Å². The Hall–Kier alpha value is -3.94. The molecule has 0 aromatic heterocycles. The average molecular weight is 671 g/mol. The topological polar surface area (TPSA) is 111 Å². The number of carbonyl (C=O) groups is 3. The number of rotatable bonds is 18. The summed E-state index contributed by atoms with van der Waals surface area (Å²) in [5.41, 5.74) is 6.07. The standard InChI is InChI=1S/C41H58N4O4/c1-6-9-12-14-19-36(46)43-33-26-32(42-21-16-11-8-3)28(4)24-30(33)38-40(48)39(41(38)49)31-25-29(5)35(45-22-17-18-23-45)27-34(31)44-37(47)20-15-13-10-7-2/h24-27,48H,6-23H2,1-5H3,(H,43,46)(H,44,47)/b38-30+,42-32?. The smallest absolute Gasteiger partial charge is 0.224 e. The van der Waals surface area contributed by atoms with Crippen LogP contribution in [-0.2, 0) is 14.4 Å². The number of aliphatic hydroxyl groups is 1. The van der Waals surface area contributed by atoms with Crippen molar-refractivity contribution >= 4 is 40.3 Å². The van der Waals surface area contributed by atoms with Crippen molar-refractivity contribution in [2.45, 2.75) is 131 Å². The molecule has 1 aliphatic heterocycles. The van der Waals surface area contributed by atoms with Crippen LogP contribution >= 0.6 is 0 Å². The first-order valence-electron chi connectivity index (χ1n) is 18.9. The SMILES string of the molecule is CCCCCCC(=O)NC1=CC(=NCCCCC)C(C)=C/C1=C1\C(=O)C(c2cc(C)c(N3CCCC3)cc2NC(=O)CCCCCC)=C1O. The molecule has 2 aliphatic carbocycles. The number of hydrogen-bond acceptors (Lipinski definition) is 6. The molecule has 1 heterocycles. The molecular weight excluding hydrogens is 612 g/mol. The van der Waals surface area contributed by atoms with Gasteiger partial charge in [0.2, 0.25) is 17.6 Å². The minimum atomic E-state index is -0.310. The molecule has 49 heavy (non-hydrogen) atoms. The highest BCUT2D eigenvalue weighted by Gasteiger charge is 2.40. The lowest BCUT2D eigenvalue weighted by atomic mass is 9.77. The van der Waals surface area contributed by atoms with Gasteiger partial charge in [0, 0.05) is 49.3 Å². The fourth-order valence-corrected chi connectivity index (χ4v) is 6.80. The van der Waals surface area contributed by atoms with Gasteiger partial charge in [0.15, 0.2) is 0 Å². The van der Waals surface area contributed by atoms with Gasteiger partial charge in [0.25, 0.3) is 0 Å². The van der Waals surface area contributed by atoms with Crippen molar-refractivity contribution in [1.29, 1.82) is 0 Å². The quantitative estimate of drug-likeness (QED) is 0.107. The highest BCUT2D eigenvalue weighted by molar-refractivity contribution is 6.40. The van der Waals surface area contributed by atoms with Gasteiger partial charge in [0.1, 0.15) is 5.76 Å². The van der Waals surface area contributed by atoms with Crippen LogP contribution in [-0.4, -0.2) is 48.1 Å². The molecule has 8 heteroatoms. The fourth-order valence-electron chi connectivity index (χ4n) is 6.80. The molecule has 2 amide bonds. The number of anilines is 2. The summed E-state index contributed by atoms with van der Waals surface area (Å²) < 4.78 is 0. The predicted octanol–water partition coefficient (Wildman–Crippen LogP) is 9.21. The van der Waals surface area contributed by atoms with Gasteiger partial charge in [-0.15, -0.1) is 0 Å². The van der Waals surface area contributed by atoms with Crippen molar-refractivity contribution in [2.24, 2.45) is 4.99 Å². The van der Waals surface area contributed by atoms with Gasteiger partial charge in [0.05, 0.1) is 28.2 Å². The number of allylic oxidation sites excluding steroid dienone is 5. The summed E-state index contributed by atoms with van der Waals surface area (Å²) in [7, 11) is 0. The Labute approximate surface area is 293 Å². The van der Waals surface area contributed by atoms with Crippen molar-refractivity contribution in [3.63, 3.8) is 0 Å². The fraction of sp³-hybridized carbons (Fsp3) is 0.561. The molecule has 266 valence electrons. The van der Waals surface area contributed by atoms with E-state index in [9.17, 15) is 19.5 Å². The molecule has 8 nitrogen and oxygen atoms in total. The number of aliphatic imine (C=N–C) groups is 1. The lowest BCUT2D eigenvalue weighted by Crippen LogP contribution is -2.30. The van der Waals surface area contributed by atoms with E-state index in [2.05, 4.69) is 36.3 Å². The lowest BCUT2D eigenvalue weighted by molar-refractivity contribution is -0.120. The van der Waals surface area contributed by atoms with Gasteiger partial charge in [-0.25, -0.2) is 0 Å². The molecule has 3 N–H and O–H groups in total. The molecule has 1 fully saturated rings. The predicted molar refractivity (Wildman–Crippen MR) is 202 cm³/mol. The number of unbranched alkanes of at least 4 members (excludes halogenated alkanes) is 8. The number of ketones is 1. The second kappa shape index (κ2) is 18.7. The Balaban J connectivity index is 1.72. The molecule has 0 atom stereocenters. The van der Waals surface area contributed by atoms with Gasteiger partial charge in [-0.05, 0) is 81.4 Å². The summed E-state index contributed by atoms with van der Waals surface area (Å²) >= 11 is 0. The molecule has 4 rings (SSSR count). The highest BCUT2D eigenvalue weighted by Crippen LogP contribution is 2.44. The minimum Gasteiger partial charge on any atom is -0.506 e. The molecule has 0 bridgehead atoms. The first kappa shape index (κ1) is 37.9. The Morgan fingerprint density at radius 1 is 0.796 bits per heavy atom. The van der Waals surface area contributed by atoms with Crippen LogP contribution in [0, 0.1) is 6.92 Å². The maximum absolute atomic E-state index is 14.1. The largest absolute Gasteiger partial charge is 0.506 e. The maximum Gasteiger partial charge on any atom is 0.224 e. The van der Waals surface area contributed by atoms with Crippen LogP contribution in [0.25, 0.3) is 5.57 Å². The highest BCUT2D eigenvalue weighted by atomic mass is 16.3. The average Bonchev–Trinajstić information content (AvgIpc) is 3.61. The molecule has 1 aromatic rings. The number of hydrogen-bond donors (Lipinski definition) is 3. The van der Waals surface area contributed by atoms with E-state index in [-0.39, 0.29) is 34.5 Å². The zero-order valence-electron chi connectivity index (χ0n) is 30.6. The minimum absolute atomic E-state index is 0.0949. The van der Waals surface area contributed by atoms with Crippen LogP contribution in [0.4, 0.5) is 11.4 Å². The van der Waals surface area contributed by atoms with E-state index in [1.54, 1.807) is 0 Å². The summed E-state index contributed by atoms with van der Waals surface area (Å²) in [6.07, 6.45) is 17.8. The second-order valence-corrected chi connectivity index (χ2v) is 13.8. The lowest BCUT2D eigenvalue weighted by Gasteiger charge is -2.29. The van der Waals surface area contributed by atoms with E-state index in [1.807, 2.05) is 38.1 Å². The summed E-state index contributed by atoms with van der Waals surface area (Å²) in [6.45, 7) is 13.0. The number of Topliss-reactive ketones (excluding diaryl/α,β-unsaturated/α-hetero) is 1. The Bertz CT molecular complexity index is 1540. The molecule has 1 aromatic carbocycles. The summed E-state index contributed by atoms with van der Waals surface area (Å²) in [6, 6.07) is 3.89. The number of carbonyl (C=O) groups excluding carboxylic acids is 3. The molecule has 0 unspecified atom stereocenters. The normalized spacial score (nSPS) is 18.5. The van der Waals surface area contributed by atoms with Gasteiger partial charge >= 0.3 is 0 Å². The molecular formula is C41H58N4O4. The molecule has 0 saturated carbocycles. The molecule has 1 saturated heterocycles. The van der Waals surface area contributed by atoms with Crippen LogP contribution in [0.1, 0.15) is 135 Å². The first-order valence-corrected chi connectivity index (χ1v) is 18.9. The van der Waals surface area contributed by atoms with Crippen LogP contribution in [0.2, 0.25) is 0 Å². The van der Waals surface area contributed by atoms with Crippen LogP contribution < -0.4 is 15.5 Å². The Kier molecular flexibility index (Phi) is 14.5. The number of nitrogens with one attached hydrogen (secondary N) is 2. The molecule has 0 radical (unpaired) electrons. The van der Waals surface area contributed by atoms with Crippen molar-refractivity contribution in [2.75, 3.05) is 29.9 Å². The van der Waals surface area contributed by atoms with Crippen LogP contribution in [0.5, 0.6) is 0 Å². The van der Waals surface area contributed by atoms with E-state index in [0.717, 1.165) is 119 Å². The second-order valence-electron chi connectivity index (χ2n) is 13.8. The van der Waals surface area contributed by atoms with Gasteiger partial charge in [-0.3, -0.25) is 19.4 Å². The van der Waals surface area contributed by atoms with Crippen LogP contribution in [0.3, 0.4) is 0 Å². The molecule has 3 aliphatic rings. The maximum atomic E-state index is 14.1. The number of amides is 2. The zero-order chi connectivity index (χ0) is 35.3. The van der Waals surface area contributed by atoms with E-state index < -0.39 is 0 Å². The number of aliphatic hydroxyl groups excluding tert-OH is 1. The molecule has 0 spiro atoms. The monoisotopic (exact) mass is 670 g/mol. The number of aryl methyl sites for hydroxylation is 1. The van der Waals surface area contributed by atoms with Crippen molar-refractivity contribution < 1.29 is 19.5 Å². The van der Waals surface area contributed by atoms with Crippen molar-refractivity contribution in [3.05, 3.63) is 63.6 Å². The van der Waals surface area contributed by atoms with Crippen LogP contribution in [0.15, 0.2) is 57.5 Å². The third-order valence-corrected chi connectivity index (χ3v) is 9.69. The zero-order valence-corrected chi connectivity index (χ0v) is 30.6. The summed E-state index contributed by atoms with van der Waals surface area (Å²) in [5, 5.41) is 17.8. The summed E-state index contributed by atoms with van der Waals surface area (Å²) in [5.74, 6) is -0.647.